The number of carbonyl (C=O) groups excluding carboxylic acids is 2. The lowest BCUT2D eigenvalue weighted by molar-refractivity contribution is -0.138. The van der Waals surface area contributed by atoms with Crippen LogP contribution in [0.15, 0.2) is 72.7 Å². The fourth-order valence-corrected chi connectivity index (χ4v) is 2.93. The molecule has 10 heteroatoms. The molecule has 0 fully saturated rings. The van der Waals surface area contributed by atoms with Crippen LogP contribution in [0.4, 0.5) is 0 Å². The Hall–Kier alpha value is -5.38. The average Bonchev–Trinajstić information content (AvgIpc) is 2.85. The van der Waals surface area contributed by atoms with E-state index in [9.17, 15) is 35.1 Å². The monoisotopic (exact) mass is 506 g/mol. The Morgan fingerprint density at radius 2 is 1.38 bits per heavy atom. The summed E-state index contributed by atoms with van der Waals surface area (Å²) in [6.07, 6.45) is 6.21. The van der Waals surface area contributed by atoms with Crippen molar-refractivity contribution in [3.63, 3.8) is 0 Å². The normalized spacial score (nSPS) is 11.5. The van der Waals surface area contributed by atoms with Crippen LogP contribution in [0.3, 0.4) is 0 Å². The van der Waals surface area contributed by atoms with Gasteiger partial charge in [0.1, 0.15) is 11.5 Å². The van der Waals surface area contributed by atoms with Crippen LogP contribution in [0.2, 0.25) is 0 Å². The van der Waals surface area contributed by atoms with Crippen LogP contribution < -0.4 is 4.74 Å². The van der Waals surface area contributed by atoms with Gasteiger partial charge in [0.2, 0.25) is 5.76 Å². The standard InChI is InChI=1S/C27H22O10/c1-35-27(34)25(14-17-3-6-22(30)24(32)13-17)37-20-11-18(10-19(28)15-20)8-9-36-26(33)7-4-16-2-5-21(29)23(31)12-16/h2-15,28-32H,1H3/b7-4+,9-8+,25-14+. The van der Waals surface area contributed by atoms with E-state index in [0.717, 1.165) is 19.4 Å². The predicted molar refractivity (Wildman–Crippen MR) is 132 cm³/mol. The SMILES string of the molecule is COC(=O)/C(=C\c1ccc(O)c(O)c1)Oc1cc(O)cc(/C=C/OC(=O)/C=C/c2ccc(O)c(O)c2)c1. The van der Waals surface area contributed by atoms with E-state index in [1.54, 1.807) is 0 Å². The number of esters is 2. The summed E-state index contributed by atoms with van der Waals surface area (Å²) in [6, 6.07) is 12.0. The van der Waals surface area contributed by atoms with Gasteiger partial charge in [-0.2, -0.15) is 0 Å². The topological polar surface area (TPSA) is 163 Å². The Labute approximate surface area is 210 Å². The van der Waals surface area contributed by atoms with Crippen molar-refractivity contribution in [2.24, 2.45) is 0 Å². The average molecular weight is 506 g/mol. The highest BCUT2D eigenvalue weighted by Gasteiger charge is 2.14. The number of phenols is 5. The van der Waals surface area contributed by atoms with E-state index in [-0.39, 0.29) is 34.5 Å². The van der Waals surface area contributed by atoms with Crippen LogP contribution in [-0.4, -0.2) is 44.6 Å². The quantitative estimate of drug-likeness (QED) is 0.130. The fourth-order valence-electron chi connectivity index (χ4n) is 2.93. The van der Waals surface area contributed by atoms with Crippen molar-refractivity contribution in [1.82, 2.24) is 0 Å². The maximum Gasteiger partial charge on any atom is 0.373 e. The van der Waals surface area contributed by atoms with Crippen molar-refractivity contribution in [2.45, 2.75) is 0 Å². The molecule has 190 valence electrons. The van der Waals surface area contributed by atoms with Crippen LogP contribution in [0.25, 0.3) is 18.2 Å². The highest BCUT2D eigenvalue weighted by Crippen LogP contribution is 2.28. The Kier molecular flexibility index (Phi) is 8.40. The molecular formula is C27H22O10. The summed E-state index contributed by atoms with van der Waals surface area (Å²) in [7, 11) is 1.15. The molecule has 37 heavy (non-hydrogen) atoms. The molecule has 0 bridgehead atoms. The number of hydrogen-bond donors (Lipinski definition) is 5. The molecule has 0 aliphatic carbocycles. The number of ether oxygens (including phenoxy) is 3. The van der Waals surface area contributed by atoms with Gasteiger partial charge in [0.25, 0.3) is 0 Å². The van der Waals surface area contributed by atoms with Crippen LogP contribution in [0.5, 0.6) is 34.5 Å². The maximum atomic E-state index is 12.2. The van der Waals surface area contributed by atoms with Crippen molar-refractivity contribution in [3.05, 3.63) is 89.4 Å². The molecule has 0 aromatic heterocycles. The largest absolute Gasteiger partial charge is 0.508 e. The Morgan fingerprint density at radius 1 is 0.730 bits per heavy atom. The van der Waals surface area contributed by atoms with Gasteiger partial charge in [-0.15, -0.1) is 0 Å². The van der Waals surface area contributed by atoms with E-state index in [4.69, 9.17) is 14.2 Å². The number of carbonyl (C=O) groups is 2. The summed E-state index contributed by atoms with van der Waals surface area (Å²) < 4.78 is 15.3. The molecule has 0 amide bonds. The first kappa shape index (κ1) is 26.2. The van der Waals surface area contributed by atoms with Crippen molar-refractivity contribution in [3.8, 4) is 34.5 Å². The summed E-state index contributed by atoms with van der Waals surface area (Å²) in [6.45, 7) is 0. The predicted octanol–water partition coefficient (Wildman–Crippen LogP) is 4.03. The number of phenolic OH excluding ortho intramolecular Hbond substituents is 5. The number of hydrogen-bond acceptors (Lipinski definition) is 10. The molecule has 0 unspecified atom stereocenters. The summed E-state index contributed by atoms with van der Waals surface area (Å²) >= 11 is 0. The summed E-state index contributed by atoms with van der Waals surface area (Å²) in [5.41, 5.74) is 1.16. The molecule has 5 N–H and O–H groups in total. The first-order chi connectivity index (χ1) is 17.6. The van der Waals surface area contributed by atoms with Gasteiger partial charge in [0, 0.05) is 12.1 Å². The zero-order valence-corrected chi connectivity index (χ0v) is 19.4. The van der Waals surface area contributed by atoms with Crippen molar-refractivity contribution in [2.75, 3.05) is 7.11 Å². The zero-order chi connectivity index (χ0) is 26.9. The highest BCUT2D eigenvalue weighted by molar-refractivity contribution is 5.92. The van der Waals surface area contributed by atoms with Crippen molar-refractivity contribution >= 4 is 30.2 Å². The summed E-state index contributed by atoms with van der Waals surface area (Å²) in [5, 5.41) is 48.0. The van der Waals surface area contributed by atoms with Gasteiger partial charge in [-0.1, -0.05) is 12.1 Å². The molecule has 3 aromatic rings. The smallest absolute Gasteiger partial charge is 0.373 e. The molecular weight excluding hydrogens is 484 g/mol. The maximum absolute atomic E-state index is 12.2. The van der Waals surface area contributed by atoms with Crippen molar-refractivity contribution in [1.29, 1.82) is 0 Å². The molecule has 3 rings (SSSR count). The second kappa shape index (κ2) is 11.8. The zero-order valence-electron chi connectivity index (χ0n) is 19.4. The molecule has 3 aromatic carbocycles. The van der Waals surface area contributed by atoms with Gasteiger partial charge in [0.15, 0.2) is 23.0 Å². The van der Waals surface area contributed by atoms with Crippen LogP contribution in [-0.2, 0) is 19.1 Å². The van der Waals surface area contributed by atoms with E-state index >= 15 is 0 Å². The van der Waals surface area contributed by atoms with E-state index in [1.165, 1.54) is 72.8 Å². The molecule has 0 heterocycles. The Bertz CT molecular complexity index is 1400. The number of methoxy groups -OCH3 is 1. The minimum absolute atomic E-state index is 0.0534. The molecule has 10 nitrogen and oxygen atoms in total. The highest BCUT2D eigenvalue weighted by atomic mass is 16.6. The first-order valence-electron chi connectivity index (χ1n) is 10.6. The second-order valence-corrected chi connectivity index (χ2v) is 7.43. The van der Waals surface area contributed by atoms with Gasteiger partial charge in [-0.3, -0.25) is 0 Å². The van der Waals surface area contributed by atoms with E-state index in [0.29, 0.717) is 16.7 Å². The van der Waals surface area contributed by atoms with Gasteiger partial charge in [0.05, 0.1) is 13.4 Å². The van der Waals surface area contributed by atoms with Crippen molar-refractivity contribution < 1.29 is 49.3 Å². The molecule has 0 aliphatic heterocycles. The third-order valence-corrected chi connectivity index (χ3v) is 4.68. The fraction of sp³-hybridized carbons (Fsp3) is 0.0370. The molecule has 0 radical (unpaired) electrons. The van der Waals surface area contributed by atoms with E-state index in [1.807, 2.05) is 0 Å². The van der Waals surface area contributed by atoms with E-state index < -0.39 is 17.7 Å². The molecule has 0 spiro atoms. The number of aromatic hydroxyl groups is 5. The van der Waals surface area contributed by atoms with E-state index in [2.05, 4.69) is 0 Å². The first-order valence-corrected chi connectivity index (χ1v) is 10.6. The van der Waals surface area contributed by atoms with Crippen LogP contribution in [0.1, 0.15) is 16.7 Å². The van der Waals surface area contributed by atoms with Crippen LogP contribution in [0, 0.1) is 0 Å². The lowest BCUT2D eigenvalue weighted by Crippen LogP contribution is -2.10. The van der Waals surface area contributed by atoms with Gasteiger partial charge in [-0.05, 0) is 71.3 Å². The summed E-state index contributed by atoms with van der Waals surface area (Å²) in [4.78, 5) is 24.1. The molecule has 0 saturated heterocycles. The lowest BCUT2D eigenvalue weighted by atomic mass is 10.1. The van der Waals surface area contributed by atoms with Crippen LogP contribution >= 0.6 is 0 Å². The Balaban J connectivity index is 1.72. The molecule has 0 aliphatic rings. The van der Waals surface area contributed by atoms with Gasteiger partial charge >= 0.3 is 11.9 Å². The summed E-state index contributed by atoms with van der Waals surface area (Å²) in [5.74, 6) is -3.34. The minimum atomic E-state index is -0.837. The number of benzene rings is 3. The minimum Gasteiger partial charge on any atom is -0.508 e. The third kappa shape index (κ3) is 7.55. The second-order valence-electron chi connectivity index (χ2n) is 7.43. The van der Waals surface area contributed by atoms with Gasteiger partial charge < -0.3 is 39.7 Å². The lowest BCUT2D eigenvalue weighted by Gasteiger charge is -2.10. The van der Waals surface area contributed by atoms with Gasteiger partial charge in [-0.25, -0.2) is 9.59 Å². The number of rotatable bonds is 8. The third-order valence-electron chi connectivity index (χ3n) is 4.68. The molecule has 0 saturated carbocycles. The molecule has 0 atom stereocenters. The Morgan fingerprint density at radius 3 is 2.03 bits per heavy atom.